The molecule has 3 rings (SSSR count). The normalized spacial score (nSPS) is 15.3. The van der Waals surface area contributed by atoms with E-state index in [2.05, 4.69) is 20.0 Å². The van der Waals surface area contributed by atoms with Crippen LogP contribution >= 0.6 is 0 Å². The summed E-state index contributed by atoms with van der Waals surface area (Å²) in [4.78, 5) is 25.6. The van der Waals surface area contributed by atoms with Crippen molar-refractivity contribution in [3.63, 3.8) is 0 Å². The lowest BCUT2D eigenvalue weighted by Gasteiger charge is -2.35. The topological polar surface area (TPSA) is 67.2 Å². The average Bonchev–Trinajstić information content (AvgIpc) is 2.99. The van der Waals surface area contributed by atoms with E-state index in [-0.39, 0.29) is 17.4 Å². The van der Waals surface area contributed by atoms with Crippen LogP contribution in [0.2, 0.25) is 0 Å². The number of rotatable bonds is 4. The van der Waals surface area contributed by atoms with Gasteiger partial charge in [0.25, 0.3) is 5.91 Å². The van der Waals surface area contributed by atoms with Crippen molar-refractivity contribution in [1.29, 1.82) is 0 Å². The molecule has 0 saturated carbocycles. The van der Waals surface area contributed by atoms with Gasteiger partial charge in [0.05, 0.1) is 11.3 Å². The van der Waals surface area contributed by atoms with Gasteiger partial charge in [-0.15, -0.1) is 0 Å². The Morgan fingerprint density at radius 2 is 1.79 bits per heavy atom. The second-order valence-corrected chi connectivity index (χ2v) is 7.60. The van der Waals surface area contributed by atoms with Crippen molar-refractivity contribution in [3.05, 3.63) is 35.0 Å². The summed E-state index contributed by atoms with van der Waals surface area (Å²) in [5.74, 6) is 1.54. The summed E-state index contributed by atoms with van der Waals surface area (Å²) in [5, 5.41) is 3.83. The molecule has 1 saturated heterocycles. The second kappa shape index (κ2) is 8.00. The summed E-state index contributed by atoms with van der Waals surface area (Å²) in [6.45, 7) is 8.45. The van der Waals surface area contributed by atoms with Crippen molar-refractivity contribution < 1.29 is 18.0 Å². The fraction of sp³-hybridized carbons (Fsp3) is 0.579. The Kier molecular flexibility index (Phi) is 5.81. The number of nitrogens with zero attached hydrogens (tertiary/aromatic N) is 6. The van der Waals surface area contributed by atoms with Gasteiger partial charge in [0.15, 0.2) is 0 Å². The van der Waals surface area contributed by atoms with Crippen LogP contribution in [0.15, 0.2) is 12.3 Å². The minimum Gasteiger partial charge on any atom is -0.353 e. The molecule has 29 heavy (non-hydrogen) atoms. The Bertz CT molecular complexity index is 885. The number of carbonyl (C=O) groups is 1. The SMILES string of the molecule is Cc1cc(N2CCN(C(=O)c3cn(CC(F)(F)F)nc3C)CC2)nc(C(C)C)n1. The minimum absolute atomic E-state index is 0.211. The Hall–Kier alpha value is -2.65. The van der Waals surface area contributed by atoms with Crippen LogP contribution in [0, 0.1) is 13.8 Å². The van der Waals surface area contributed by atoms with E-state index in [1.807, 2.05) is 26.8 Å². The standard InChI is InChI=1S/C19H25F3N6O/c1-12(2)17-23-13(3)9-16(24-17)26-5-7-27(8-6-26)18(29)15-10-28(25-14(15)4)11-19(20,21)22/h9-10,12H,5-8,11H2,1-4H3. The Balaban J connectivity index is 1.67. The molecule has 0 N–H and O–H groups in total. The van der Waals surface area contributed by atoms with Crippen LogP contribution in [0.25, 0.3) is 0 Å². The smallest absolute Gasteiger partial charge is 0.353 e. The van der Waals surface area contributed by atoms with Crippen molar-refractivity contribution in [3.8, 4) is 0 Å². The maximum atomic E-state index is 12.8. The highest BCUT2D eigenvalue weighted by molar-refractivity contribution is 5.95. The van der Waals surface area contributed by atoms with Crippen LogP contribution in [0.4, 0.5) is 19.0 Å². The number of amides is 1. The number of aryl methyl sites for hydroxylation is 2. The molecule has 1 aliphatic rings. The van der Waals surface area contributed by atoms with Crippen LogP contribution in [0.1, 0.15) is 47.3 Å². The van der Waals surface area contributed by atoms with Gasteiger partial charge in [-0.1, -0.05) is 13.8 Å². The third-order valence-electron chi connectivity index (χ3n) is 4.78. The van der Waals surface area contributed by atoms with Crippen molar-refractivity contribution in [2.45, 2.75) is 46.3 Å². The zero-order valence-corrected chi connectivity index (χ0v) is 17.0. The first kappa shape index (κ1) is 21.1. The molecule has 0 radical (unpaired) electrons. The zero-order valence-electron chi connectivity index (χ0n) is 17.0. The van der Waals surface area contributed by atoms with Gasteiger partial charge in [-0.3, -0.25) is 9.48 Å². The highest BCUT2D eigenvalue weighted by Crippen LogP contribution is 2.21. The van der Waals surface area contributed by atoms with Gasteiger partial charge < -0.3 is 9.80 Å². The molecule has 3 heterocycles. The Morgan fingerprint density at radius 1 is 1.14 bits per heavy atom. The fourth-order valence-corrected chi connectivity index (χ4v) is 3.30. The summed E-state index contributed by atoms with van der Waals surface area (Å²) in [5.41, 5.74) is 1.40. The predicted octanol–water partition coefficient (Wildman–Crippen LogP) is 2.94. The van der Waals surface area contributed by atoms with E-state index in [4.69, 9.17) is 0 Å². The van der Waals surface area contributed by atoms with E-state index in [0.717, 1.165) is 22.0 Å². The van der Waals surface area contributed by atoms with E-state index < -0.39 is 12.7 Å². The number of anilines is 1. The zero-order chi connectivity index (χ0) is 21.3. The molecule has 2 aromatic rings. The van der Waals surface area contributed by atoms with Crippen molar-refractivity contribution >= 4 is 11.7 Å². The largest absolute Gasteiger partial charge is 0.408 e. The molecular weight excluding hydrogens is 385 g/mol. The lowest BCUT2D eigenvalue weighted by atomic mass is 10.2. The van der Waals surface area contributed by atoms with E-state index >= 15 is 0 Å². The maximum absolute atomic E-state index is 12.8. The molecule has 0 unspecified atom stereocenters. The number of hydrogen-bond donors (Lipinski definition) is 0. The van der Waals surface area contributed by atoms with Gasteiger partial charge in [0.1, 0.15) is 18.2 Å². The van der Waals surface area contributed by atoms with Gasteiger partial charge in [0.2, 0.25) is 0 Å². The van der Waals surface area contributed by atoms with E-state index in [0.29, 0.717) is 31.9 Å². The van der Waals surface area contributed by atoms with Crippen molar-refractivity contribution in [2.24, 2.45) is 0 Å². The van der Waals surface area contributed by atoms with Crippen molar-refractivity contribution in [2.75, 3.05) is 31.1 Å². The molecule has 0 aliphatic carbocycles. The predicted molar refractivity (Wildman–Crippen MR) is 102 cm³/mol. The first-order valence-corrected chi connectivity index (χ1v) is 9.54. The molecule has 1 fully saturated rings. The quantitative estimate of drug-likeness (QED) is 0.775. The molecule has 1 amide bonds. The molecular formula is C19H25F3N6O. The number of carbonyl (C=O) groups excluding carboxylic acids is 1. The van der Waals surface area contributed by atoms with Gasteiger partial charge in [0, 0.05) is 50.1 Å². The molecule has 0 spiro atoms. The maximum Gasteiger partial charge on any atom is 0.408 e. The number of aromatic nitrogens is 4. The average molecular weight is 410 g/mol. The summed E-state index contributed by atoms with van der Waals surface area (Å²) in [6.07, 6.45) is -3.20. The Morgan fingerprint density at radius 3 is 2.38 bits per heavy atom. The Labute approximate surface area is 167 Å². The number of piperazine rings is 1. The van der Waals surface area contributed by atoms with Crippen LogP contribution in [0.3, 0.4) is 0 Å². The fourth-order valence-electron chi connectivity index (χ4n) is 3.30. The van der Waals surface area contributed by atoms with Crippen LogP contribution in [0.5, 0.6) is 0 Å². The van der Waals surface area contributed by atoms with E-state index in [1.54, 1.807) is 11.8 Å². The molecule has 0 atom stereocenters. The molecule has 158 valence electrons. The number of halogens is 3. The second-order valence-electron chi connectivity index (χ2n) is 7.60. The first-order chi connectivity index (χ1) is 13.5. The third kappa shape index (κ3) is 5.04. The number of hydrogen-bond acceptors (Lipinski definition) is 5. The molecule has 7 nitrogen and oxygen atoms in total. The van der Waals surface area contributed by atoms with E-state index in [9.17, 15) is 18.0 Å². The van der Waals surface area contributed by atoms with Gasteiger partial charge in [-0.05, 0) is 13.8 Å². The minimum atomic E-state index is -4.38. The van der Waals surface area contributed by atoms with Gasteiger partial charge in [-0.25, -0.2) is 9.97 Å². The van der Waals surface area contributed by atoms with Gasteiger partial charge >= 0.3 is 6.18 Å². The molecule has 2 aromatic heterocycles. The monoisotopic (exact) mass is 410 g/mol. The molecule has 0 bridgehead atoms. The summed E-state index contributed by atoms with van der Waals surface area (Å²) in [7, 11) is 0. The summed E-state index contributed by atoms with van der Waals surface area (Å²) < 4.78 is 38.5. The number of alkyl halides is 3. The third-order valence-corrected chi connectivity index (χ3v) is 4.78. The lowest BCUT2D eigenvalue weighted by molar-refractivity contribution is -0.142. The molecule has 0 aromatic carbocycles. The summed E-state index contributed by atoms with van der Waals surface area (Å²) in [6, 6.07) is 1.93. The van der Waals surface area contributed by atoms with Crippen LogP contribution in [-0.4, -0.2) is 62.9 Å². The lowest BCUT2D eigenvalue weighted by Crippen LogP contribution is -2.49. The van der Waals surface area contributed by atoms with Crippen LogP contribution < -0.4 is 4.90 Å². The molecule has 10 heteroatoms. The first-order valence-electron chi connectivity index (χ1n) is 9.54. The van der Waals surface area contributed by atoms with Crippen molar-refractivity contribution in [1.82, 2.24) is 24.6 Å². The summed E-state index contributed by atoms with van der Waals surface area (Å²) >= 11 is 0. The van der Waals surface area contributed by atoms with Gasteiger partial charge in [-0.2, -0.15) is 18.3 Å². The molecule has 1 aliphatic heterocycles. The highest BCUT2D eigenvalue weighted by Gasteiger charge is 2.30. The van der Waals surface area contributed by atoms with Crippen LogP contribution in [-0.2, 0) is 6.54 Å². The van der Waals surface area contributed by atoms with E-state index in [1.165, 1.54) is 6.20 Å². The highest BCUT2D eigenvalue weighted by atomic mass is 19.4.